The van der Waals surface area contributed by atoms with E-state index >= 15 is 0 Å². The average molecular weight is 267 g/mol. The van der Waals surface area contributed by atoms with Gasteiger partial charge in [0.25, 0.3) is 0 Å². The number of ether oxygens (including phenoxy) is 1. The van der Waals surface area contributed by atoms with E-state index in [0.29, 0.717) is 12.3 Å². The van der Waals surface area contributed by atoms with Crippen molar-refractivity contribution in [2.75, 3.05) is 5.32 Å². The van der Waals surface area contributed by atoms with Crippen LogP contribution in [0.2, 0.25) is 0 Å². The van der Waals surface area contributed by atoms with Crippen LogP contribution in [0.15, 0.2) is 6.07 Å². The molecule has 1 aromatic rings. The van der Waals surface area contributed by atoms with Gasteiger partial charge in [0, 0.05) is 11.8 Å². The van der Waals surface area contributed by atoms with Crippen LogP contribution in [0.25, 0.3) is 0 Å². The van der Waals surface area contributed by atoms with Crippen molar-refractivity contribution in [2.24, 2.45) is 0 Å². The second-order valence-corrected chi connectivity index (χ2v) is 4.95. The highest BCUT2D eigenvalue weighted by molar-refractivity contribution is 5.81. The third-order valence-corrected chi connectivity index (χ3v) is 2.75. The minimum absolute atomic E-state index is 0.000757. The van der Waals surface area contributed by atoms with Gasteiger partial charge in [0.1, 0.15) is 5.54 Å². The van der Waals surface area contributed by atoms with Gasteiger partial charge in [-0.2, -0.15) is 4.98 Å². The second kappa shape index (κ2) is 5.86. The number of carbonyl (C=O) groups is 1. The Morgan fingerprint density at radius 1 is 1.53 bits per heavy atom. The predicted molar refractivity (Wildman–Crippen MR) is 72.5 cm³/mol. The maximum absolute atomic E-state index is 11.3. The lowest BCUT2D eigenvalue weighted by Gasteiger charge is -2.24. The van der Waals surface area contributed by atoms with Crippen LogP contribution in [0.4, 0.5) is 5.95 Å². The molecule has 0 saturated carbocycles. The van der Waals surface area contributed by atoms with Gasteiger partial charge in [-0.1, -0.05) is 6.92 Å². The molecule has 0 fully saturated rings. The zero-order valence-corrected chi connectivity index (χ0v) is 12.0. The van der Waals surface area contributed by atoms with Gasteiger partial charge in [0.15, 0.2) is 0 Å². The fourth-order valence-corrected chi connectivity index (χ4v) is 1.44. The fourth-order valence-electron chi connectivity index (χ4n) is 1.44. The monoisotopic (exact) mass is 267 g/mol. The van der Waals surface area contributed by atoms with Gasteiger partial charge in [-0.15, -0.1) is 0 Å². The number of carboxylic acid groups (broad SMARTS) is 1. The third-order valence-electron chi connectivity index (χ3n) is 2.75. The van der Waals surface area contributed by atoms with Crippen LogP contribution < -0.4 is 10.1 Å². The first kappa shape index (κ1) is 15.2. The fraction of sp³-hybridized carbons (Fsp3) is 0.615. The molecule has 0 aromatic carbocycles. The zero-order chi connectivity index (χ0) is 14.6. The first-order valence-corrected chi connectivity index (χ1v) is 6.30. The van der Waals surface area contributed by atoms with E-state index in [4.69, 9.17) is 4.74 Å². The summed E-state index contributed by atoms with van der Waals surface area (Å²) in [5.41, 5.74) is -0.375. The van der Waals surface area contributed by atoms with Gasteiger partial charge in [0.2, 0.25) is 11.8 Å². The maximum atomic E-state index is 11.3. The van der Waals surface area contributed by atoms with Crippen LogP contribution in [0, 0.1) is 6.92 Å². The number of aromatic nitrogens is 2. The van der Waals surface area contributed by atoms with Crippen LogP contribution in [-0.2, 0) is 4.79 Å². The molecule has 0 amide bonds. The molecule has 0 aliphatic carbocycles. The van der Waals surface area contributed by atoms with E-state index in [1.807, 2.05) is 20.8 Å². The van der Waals surface area contributed by atoms with E-state index in [2.05, 4.69) is 15.3 Å². The summed E-state index contributed by atoms with van der Waals surface area (Å²) in [7, 11) is 0. The molecule has 106 valence electrons. The lowest BCUT2D eigenvalue weighted by molar-refractivity contribution is -0.141. The Kier molecular flexibility index (Phi) is 4.69. The Morgan fingerprint density at radius 3 is 2.63 bits per heavy atom. The molecule has 0 saturated heterocycles. The summed E-state index contributed by atoms with van der Waals surface area (Å²) >= 11 is 0. The van der Waals surface area contributed by atoms with Gasteiger partial charge in [-0.25, -0.2) is 9.78 Å². The minimum atomic E-state index is -1.09. The molecule has 0 bridgehead atoms. The molecule has 0 aliphatic heterocycles. The number of aryl methyl sites for hydroxylation is 1. The average Bonchev–Trinajstić information content (AvgIpc) is 2.26. The summed E-state index contributed by atoms with van der Waals surface area (Å²) in [6.45, 7) is 9.01. The Labute approximate surface area is 113 Å². The third kappa shape index (κ3) is 4.08. The summed E-state index contributed by atoms with van der Waals surface area (Å²) < 4.78 is 5.51. The Hall–Kier alpha value is -1.85. The molecular formula is C13H21N3O3. The molecule has 1 atom stereocenters. The molecule has 0 radical (unpaired) electrons. The molecule has 1 unspecified atom stereocenters. The minimum Gasteiger partial charge on any atom is -0.480 e. The van der Waals surface area contributed by atoms with Crippen molar-refractivity contribution in [3.05, 3.63) is 11.8 Å². The number of rotatable bonds is 6. The van der Waals surface area contributed by atoms with Crippen molar-refractivity contribution in [2.45, 2.75) is 52.7 Å². The highest BCUT2D eigenvalue weighted by Crippen LogP contribution is 2.19. The lowest BCUT2D eigenvalue weighted by Crippen LogP contribution is -2.43. The summed E-state index contributed by atoms with van der Waals surface area (Å²) in [4.78, 5) is 19.6. The smallest absolute Gasteiger partial charge is 0.329 e. The summed E-state index contributed by atoms with van der Waals surface area (Å²) in [5.74, 6) is -0.234. The second-order valence-electron chi connectivity index (χ2n) is 4.95. The Balaban J connectivity index is 3.01. The molecule has 1 rings (SSSR count). The van der Waals surface area contributed by atoms with Gasteiger partial charge < -0.3 is 15.2 Å². The Bertz CT molecular complexity index is 462. The van der Waals surface area contributed by atoms with Gasteiger partial charge in [0.05, 0.1) is 6.10 Å². The summed E-state index contributed by atoms with van der Waals surface area (Å²) in [6.07, 6.45) is 0.416. The van der Waals surface area contributed by atoms with Gasteiger partial charge in [-0.3, -0.25) is 0 Å². The maximum Gasteiger partial charge on any atom is 0.329 e. The number of nitrogens with zero attached hydrogens (tertiary/aromatic N) is 2. The van der Waals surface area contributed by atoms with Crippen molar-refractivity contribution in [3.8, 4) is 5.88 Å². The standard InChI is InChI=1S/C13H21N3O3/c1-6-13(5,11(17)18)16-12-14-9(4)7-10(15-12)19-8(2)3/h7-8H,6H2,1-5H3,(H,17,18)(H,14,15,16). The molecule has 1 aromatic heterocycles. The zero-order valence-electron chi connectivity index (χ0n) is 12.0. The number of carboxylic acids is 1. The van der Waals surface area contributed by atoms with Gasteiger partial charge >= 0.3 is 5.97 Å². The topological polar surface area (TPSA) is 84.3 Å². The molecule has 0 aliphatic rings. The van der Waals surface area contributed by atoms with Crippen LogP contribution in [0.3, 0.4) is 0 Å². The predicted octanol–water partition coefficient (Wildman–Crippen LogP) is 2.24. The Morgan fingerprint density at radius 2 is 2.16 bits per heavy atom. The first-order valence-electron chi connectivity index (χ1n) is 6.30. The van der Waals surface area contributed by atoms with Crippen LogP contribution in [0.1, 0.15) is 39.8 Å². The van der Waals surface area contributed by atoms with Crippen LogP contribution in [-0.4, -0.2) is 32.7 Å². The van der Waals surface area contributed by atoms with Crippen molar-refractivity contribution in [1.82, 2.24) is 9.97 Å². The summed E-state index contributed by atoms with van der Waals surface area (Å²) in [6, 6.07) is 1.72. The number of anilines is 1. The van der Waals surface area contributed by atoms with E-state index < -0.39 is 11.5 Å². The quantitative estimate of drug-likeness (QED) is 0.822. The number of hydrogen-bond acceptors (Lipinski definition) is 5. The number of hydrogen-bond donors (Lipinski definition) is 2. The van der Waals surface area contributed by atoms with Crippen molar-refractivity contribution < 1.29 is 14.6 Å². The van der Waals surface area contributed by atoms with E-state index in [1.54, 1.807) is 19.9 Å². The summed E-state index contributed by atoms with van der Waals surface area (Å²) in [5, 5.41) is 12.1. The van der Waals surface area contributed by atoms with Gasteiger partial charge in [-0.05, 0) is 34.1 Å². The van der Waals surface area contributed by atoms with E-state index in [1.165, 1.54) is 0 Å². The molecule has 6 nitrogen and oxygen atoms in total. The lowest BCUT2D eigenvalue weighted by atomic mass is 10.00. The van der Waals surface area contributed by atoms with Crippen LogP contribution in [0.5, 0.6) is 5.88 Å². The highest BCUT2D eigenvalue weighted by Gasteiger charge is 2.31. The first-order chi connectivity index (χ1) is 8.76. The molecule has 1 heterocycles. The van der Waals surface area contributed by atoms with E-state index in [0.717, 1.165) is 5.69 Å². The highest BCUT2D eigenvalue weighted by atomic mass is 16.5. The molecule has 19 heavy (non-hydrogen) atoms. The number of aliphatic carboxylic acids is 1. The van der Waals surface area contributed by atoms with E-state index in [9.17, 15) is 9.90 Å². The molecule has 6 heteroatoms. The van der Waals surface area contributed by atoms with E-state index in [-0.39, 0.29) is 12.1 Å². The van der Waals surface area contributed by atoms with Crippen LogP contribution >= 0.6 is 0 Å². The van der Waals surface area contributed by atoms with Crippen molar-refractivity contribution in [1.29, 1.82) is 0 Å². The largest absolute Gasteiger partial charge is 0.480 e. The molecule has 2 N–H and O–H groups in total. The molecule has 0 spiro atoms. The van der Waals surface area contributed by atoms with Crippen molar-refractivity contribution in [3.63, 3.8) is 0 Å². The SMILES string of the molecule is CCC(C)(Nc1nc(C)cc(OC(C)C)n1)C(=O)O. The molecular weight excluding hydrogens is 246 g/mol. The number of nitrogens with one attached hydrogen (secondary N) is 1. The normalized spacial score (nSPS) is 14.0. The van der Waals surface area contributed by atoms with Crippen molar-refractivity contribution >= 4 is 11.9 Å².